The van der Waals surface area contributed by atoms with Gasteiger partial charge in [0.1, 0.15) is 5.41 Å². The maximum atomic E-state index is 13.5. The molecule has 3 N–H and O–H groups in total. The molecule has 6 nitrogen and oxygen atoms in total. The second kappa shape index (κ2) is 7.35. The van der Waals surface area contributed by atoms with Crippen LogP contribution in [-0.2, 0) is 20.9 Å². The molecule has 1 heterocycles. The van der Waals surface area contributed by atoms with E-state index in [2.05, 4.69) is 5.32 Å². The van der Waals surface area contributed by atoms with E-state index >= 15 is 0 Å². The Kier molecular flexibility index (Phi) is 4.87. The van der Waals surface area contributed by atoms with Gasteiger partial charge in [-0.15, -0.1) is 0 Å². The van der Waals surface area contributed by atoms with Crippen molar-refractivity contribution in [1.29, 1.82) is 0 Å². The van der Waals surface area contributed by atoms with E-state index < -0.39 is 5.41 Å². The topological polar surface area (TPSA) is 92.5 Å². The molecule has 1 saturated heterocycles. The number of hydrogen-bond donors (Lipinski definition) is 2. The fraction of sp³-hybridized carbons (Fsp3) is 0.640. The lowest BCUT2D eigenvalue weighted by Crippen LogP contribution is -2.64. The number of likely N-dealkylation sites (tertiary alicyclic amines) is 1. The summed E-state index contributed by atoms with van der Waals surface area (Å²) in [6.07, 6.45) is 6.01. The summed E-state index contributed by atoms with van der Waals surface area (Å²) in [6.45, 7) is 3.04. The number of benzene rings is 1. The Morgan fingerprint density at radius 2 is 1.81 bits per heavy atom. The first-order valence-corrected chi connectivity index (χ1v) is 11.7. The molecule has 1 aromatic rings. The number of hydrogen-bond acceptors (Lipinski definition) is 3. The lowest BCUT2D eigenvalue weighted by molar-refractivity contribution is -0.157. The van der Waals surface area contributed by atoms with E-state index in [1.165, 1.54) is 0 Å². The molecule has 6 atom stereocenters. The SMILES string of the molecule is CC1(C(=O)NC2[C@@H]3CC4C[C@H]2CC(C(N)=O)(C4)C3)CCCN(Cc2ccccc2)C1=O. The van der Waals surface area contributed by atoms with Gasteiger partial charge in [0.25, 0.3) is 0 Å². The summed E-state index contributed by atoms with van der Waals surface area (Å²) in [5.41, 5.74) is 5.49. The van der Waals surface area contributed by atoms with E-state index in [-0.39, 0.29) is 29.2 Å². The molecule has 0 radical (unpaired) electrons. The number of rotatable bonds is 5. The number of carbonyl (C=O) groups excluding carboxylic acids is 3. The number of primary amides is 1. The van der Waals surface area contributed by atoms with Crippen LogP contribution in [0.5, 0.6) is 0 Å². The quantitative estimate of drug-likeness (QED) is 0.713. The van der Waals surface area contributed by atoms with Gasteiger partial charge in [-0.1, -0.05) is 30.3 Å². The molecule has 4 aliphatic carbocycles. The van der Waals surface area contributed by atoms with Crippen molar-refractivity contribution in [3.05, 3.63) is 35.9 Å². The number of carbonyl (C=O) groups is 3. The van der Waals surface area contributed by atoms with Crippen LogP contribution >= 0.6 is 0 Å². The summed E-state index contributed by atoms with van der Waals surface area (Å²) >= 11 is 0. The summed E-state index contributed by atoms with van der Waals surface area (Å²) in [4.78, 5) is 40.9. The largest absolute Gasteiger partial charge is 0.369 e. The normalized spacial score (nSPS) is 38.9. The molecule has 3 amide bonds. The van der Waals surface area contributed by atoms with Gasteiger partial charge >= 0.3 is 0 Å². The minimum Gasteiger partial charge on any atom is -0.369 e. The molecule has 4 bridgehead atoms. The smallest absolute Gasteiger partial charge is 0.238 e. The van der Waals surface area contributed by atoms with Crippen molar-refractivity contribution in [2.75, 3.05) is 6.54 Å². The fourth-order valence-electron chi connectivity index (χ4n) is 7.22. The second-order valence-electron chi connectivity index (χ2n) is 10.8. The molecule has 1 aromatic carbocycles. The van der Waals surface area contributed by atoms with Gasteiger partial charge in [-0.05, 0) is 75.2 Å². The Hall–Kier alpha value is -2.37. The average Bonchev–Trinajstić information content (AvgIpc) is 2.74. The van der Waals surface area contributed by atoms with Gasteiger partial charge in [0.15, 0.2) is 0 Å². The van der Waals surface area contributed by atoms with Gasteiger partial charge in [-0.3, -0.25) is 14.4 Å². The lowest BCUT2D eigenvalue weighted by Gasteiger charge is -2.59. The third-order valence-electron chi connectivity index (χ3n) is 8.68. The maximum Gasteiger partial charge on any atom is 0.238 e. The molecule has 5 fully saturated rings. The monoisotopic (exact) mass is 423 g/mol. The molecular weight excluding hydrogens is 390 g/mol. The zero-order valence-electron chi connectivity index (χ0n) is 18.3. The molecule has 6 rings (SSSR count). The van der Waals surface area contributed by atoms with Crippen molar-refractivity contribution in [2.24, 2.45) is 34.3 Å². The van der Waals surface area contributed by atoms with Crippen LogP contribution in [-0.4, -0.2) is 35.2 Å². The molecule has 166 valence electrons. The third kappa shape index (κ3) is 3.35. The number of amides is 3. The average molecular weight is 424 g/mol. The first-order valence-electron chi connectivity index (χ1n) is 11.7. The van der Waals surface area contributed by atoms with Crippen LogP contribution in [0.1, 0.15) is 57.4 Å². The molecule has 0 aromatic heterocycles. The predicted molar refractivity (Wildman–Crippen MR) is 116 cm³/mol. The van der Waals surface area contributed by atoms with E-state index in [1.54, 1.807) is 0 Å². The Balaban J connectivity index is 1.30. The van der Waals surface area contributed by atoms with Gasteiger partial charge in [0, 0.05) is 24.5 Å². The summed E-state index contributed by atoms with van der Waals surface area (Å²) in [5, 5.41) is 3.30. The Bertz CT molecular complexity index is 885. The molecule has 4 saturated carbocycles. The summed E-state index contributed by atoms with van der Waals surface area (Å²) < 4.78 is 0. The first kappa shape index (κ1) is 20.5. The molecule has 6 heteroatoms. The number of piperidine rings is 1. The highest BCUT2D eigenvalue weighted by molar-refractivity contribution is 6.05. The maximum absolute atomic E-state index is 13.5. The third-order valence-corrected chi connectivity index (χ3v) is 8.68. The zero-order chi connectivity index (χ0) is 21.8. The van der Waals surface area contributed by atoms with Gasteiger partial charge in [0.2, 0.25) is 17.7 Å². The summed E-state index contributed by atoms with van der Waals surface area (Å²) in [6, 6.07) is 10.0. The van der Waals surface area contributed by atoms with E-state index in [4.69, 9.17) is 5.73 Å². The highest BCUT2D eigenvalue weighted by Gasteiger charge is 2.59. The molecule has 5 aliphatic rings. The molecule has 4 unspecified atom stereocenters. The van der Waals surface area contributed by atoms with E-state index in [9.17, 15) is 14.4 Å². The Labute approximate surface area is 183 Å². The van der Waals surface area contributed by atoms with Crippen LogP contribution in [0.4, 0.5) is 0 Å². The fourth-order valence-corrected chi connectivity index (χ4v) is 7.22. The number of nitrogens with zero attached hydrogens (tertiary/aromatic N) is 1. The lowest BCUT2D eigenvalue weighted by atomic mass is 9.47. The standard InChI is InChI=1S/C25H33N3O3/c1-24(8-5-9-28(23(24)31)15-16-6-3-2-4-7-16)22(30)27-20-18-10-17-11-19(20)14-25(12-17,13-18)21(26)29/h2-4,6-7,17-20H,5,8-15H2,1H3,(H2,26,29)(H,27,30)/t17?,18-,19+,20?,24?,25?. The van der Waals surface area contributed by atoms with Gasteiger partial charge in [-0.25, -0.2) is 0 Å². The predicted octanol–water partition coefficient (Wildman–Crippen LogP) is 2.61. The Morgan fingerprint density at radius 3 is 2.45 bits per heavy atom. The van der Waals surface area contributed by atoms with Crippen molar-refractivity contribution in [2.45, 2.75) is 64.5 Å². The summed E-state index contributed by atoms with van der Waals surface area (Å²) in [7, 11) is 0. The van der Waals surface area contributed by atoms with Gasteiger partial charge in [-0.2, -0.15) is 0 Å². The highest BCUT2D eigenvalue weighted by atomic mass is 16.2. The van der Waals surface area contributed by atoms with Crippen LogP contribution in [0, 0.1) is 28.6 Å². The van der Waals surface area contributed by atoms with Gasteiger partial charge < -0.3 is 16.0 Å². The molecule has 31 heavy (non-hydrogen) atoms. The van der Waals surface area contributed by atoms with E-state index in [0.717, 1.165) is 44.1 Å². The molecule has 1 aliphatic heterocycles. The minimum atomic E-state index is -1.02. The Morgan fingerprint density at radius 1 is 1.13 bits per heavy atom. The minimum absolute atomic E-state index is 0.0608. The van der Waals surface area contributed by atoms with Crippen LogP contribution < -0.4 is 11.1 Å². The number of nitrogens with one attached hydrogen (secondary N) is 1. The molecule has 0 spiro atoms. The van der Waals surface area contributed by atoms with Crippen LogP contribution in [0.15, 0.2) is 30.3 Å². The number of nitrogens with two attached hydrogens (primary N) is 1. The van der Waals surface area contributed by atoms with Crippen LogP contribution in [0.25, 0.3) is 0 Å². The van der Waals surface area contributed by atoms with Gasteiger partial charge in [0.05, 0.1) is 0 Å². The van der Waals surface area contributed by atoms with Crippen LogP contribution in [0.2, 0.25) is 0 Å². The van der Waals surface area contributed by atoms with E-state index in [0.29, 0.717) is 37.3 Å². The molecular formula is C25H33N3O3. The highest BCUT2D eigenvalue weighted by Crippen LogP contribution is 2.60. The summed E-state index contributed by atoms with van der Waals surface area (Å²) in [5.74, 6) is 0.767. The second-order valence-corrected chi connectivity index (χ2v) is 10.8. The van der Waals surface area contributed by atoms with Crippen molar-refractivity contribution < 1.29 is 14.4 Å². The van der Waals surface area contributed by atoms with Crippen molar-refractivity contribution in [3.8, 4) is 0 Å². The van der Waals surface area contributed by atoms with E-state index in [1.807, 2.05) is 42.2 Å². The van der Waals surface area contributed by atoms with Crippen molar-refractivity contribution in [3.63, 3.8) is 0 Å². The van der Waals surface area contributed by atoms with Crippen LogP contribution in [0.3, 0.4) is 0 Å². The van der Waals surface area contributed by atoms with Crippen molar-refractivity contribution >= 4 is 17.7 Å². The first-order chi connectivity index (χ1) is 14.8. The van der Waals surface area contributed by atoms with Crippen molar-refractivity contribution in [1.82, 2.24) is 10.2 Å². The zero-order valence-corrected chi connectivity index (χ0v) is 18.3.